The van der Waals surface area contributed by atoms with Crippen LogP contribution in [0.15, 0.2) is 47.1 Å². The fourth-order valence-electron chi connectivity index (χ4n) is 4.33. The summed E-state index contributed by atoms with van der Waals surface area (Å²) in [5.74, 6) is -2.04. The number of amides is 1. The third-order valence-electron chi connectivity index (χ3n) is 6.05. The Morgan fingerprint density at radius 2 is 1.80 bits per heavy atom. The molecular weight excluding hydrogens is 452 g/mol. The lowest BCUT2D eigenvalue weighted by Gasteiger charge is -2.34. The van der Waals surface area contributed by atoms with Gasteiger partial charge in [0.15, 0.2) is 12.4 Å². The van der Waals surface area contributed by atoms with Gasteiger partial charge in [-0.1, -0.05) is 24.3 Å². The van der Waals surface area contributed by atoms with E-state index < -0.39 is 36.3 Å². The lowest BCUT2D eigenvalue weighted by atomic mass is 9.93. The summed E-state index contributed by atoms with van der Waals surface area (Å²) < 4.78 is 15.7. The van der Waals surface area contributed by atoms with Gasteiger partial charge in [0.05, 0.1) is 24.1 Å². The molecule has 0 aliphatic carbocycles. The Hall–Kier alpha value is -4.14. The number of carbonyl (C=O) groups is 4. The first-order valence-corrected chi connectivity index (χ1v) is 11.3. The summed E-state index contributed by atoms with van der Waals surface area (Å²) in [5.41, 5.74) is 3.25. The van der Waals surface area contributed by atoms with Gasteiger partial charge in [0.1, 0.15) is 6.04 Å². The minimum atomic E-state index is -0.920. The monoisotopic (exact) mass is 478 g/mol. The summed E-state index contributed by atoms with van der Waals surface area (Å²) in [6, 6.07) is 9.76. The van der Waals surface area contributed by atoms with E-state index in [1.165, 1.54) is 17.2 Å². The molecule has 1 amide bonds. The Labute approximate surface area is 202 Å². The van der Waals surface area contributed by atoms with E-state index in [9.17, 15) is 19.2 Å². The van der Waals surface area contributed by atoms with Crippen LogP contribution in [-0.4, -0.2) is 52.8 Å². The van der Waals surface area contributed by atoms with Crippen molar-refractivity contribution in [1.29, 1.82) is 0 Å². The van der Waals surface area contributed by atoms with Crippen molar-refractivity contribution in [3.8, 4) is 0 Å². The number of hydrogen-bond donors (Lipinski definition) is 1. The van der Waals surface area contributed by atoms with Gasteiger partial charge in [0, 0.05) is 18.7 Å². The van der Waals surface area contributed by atoms with Gasteiger partial charge in [-0.15, -0.1) is 0 Å². The molecule has 1 aliphatic heterocycles. The fraction of sp³-hybridized carbons (Fsp3) is 0.308. The van der Waals surface area contributed by atoms with Crippen LogP contribution in [0.25, 0.3) is 0 Å². The second kappa shape index (κ2) is 10.0. The van der Waals surface area contributed by atoms with Crippen molar-refractivity contribution < 1.29 is 33.1 Å². The molecular formula is C26H26N2O7. The van der Waals surface area contributed by atoms with Crippen LogP contribution in [0.4, 0.5) is 0 Å². The zero-order valence-corrected chi connectivity index (χ0v) is 19.8. The highest BCUT2D eigenvalue weighted by molar-refractivity contribution is 6.03. The number of aryl methyl sites for hydroxylation is 1. The van der Waals surface area contributed by atoms with Crippen LogP contribution in [0.1, 0.15) is 60.7 Å². The highest BCUT2D eigenvalue weighted by atomic mass is 16.5. The largest absolute Gasteiger partial charge is 0.462 e. The van der Waals surface area contributed by atoms with Crippen LogP contribution in [0.2, 0.25) is 0 Å². The Bertz CT molecular complexity index is 1270. The number of furan rings is 1. The number of rotatable bonds is 7. The van der Waals surface area contributed by atoms with Crippen molar-refractivity contribution in [2.24, 2.45) is 0 Å². The zero-order valence-electron chi connectivity index (χ0n) is 19.8. The normalized spacial score (nSPS) is 14.8. The maximum Gasteiger partial charge on any atom is 0.340 e. The standard InChI is InChI=1S/C26H26N2O7/c1-4-33-26(32)22-15(2)23(27-16(22)3)20(29)14-35-25(31)19-12-17-8-5-6-9-18(17)13-28(19)24(30)21-10-7-11-34-21/h5-11,19,27H,4,12-14H2,1-3H3. The lowest BCUT2D eigenvalue weighted by Crippen LogP contribution is -2.49. The van der Waals surface area contributed by atoms with Gasteiger partial charge in [-0.3, -0.25) is 9.59 Å². The molecule has 35 heavy (non-hydrogen) atoms. The van der Waals surface area contributed by atoms with E-state index in [0.717, 1.165) is 11.1 Å². The second-order valence-corrected chi connectivity index (χ2v) is 8.28. The van der Waals surface area contributed by atoms with Gasteiger partial charge >= 0.3 is 11.9 Å². The molecule has 3 heterocycles. The molecule has 2 aromatic heterocycles. The third-order valence-corrected chi connectivity index (χ3v) is 6.05. The van der Waals surface area contributed by atoms with Crippen molar-refractivity contribution in [3.05, 3.63) is 82.1 Å². The number of fused-ring (bicyclic) bond motifs is 1. The van der Waals surface area contributed by atoms with Gasteiger partial charge in [-0.2, -0.15) is 0 Å². The number of nitrogens with zero attached hydrogens (tertiary/aromatic N) is 1. The molecule has 1 unspecified atom stereocenters. The summed E-state index contributed by atoms with van der Waals surface area (Å²) in [6.45, 7) is 4.88. The van der Waals surface area contributed by atoms with Crippen LogP contribution >= 0.6 is 0 Å². The number of Topliss-reactive ketones (excluding diaryl/α,β-unsaturated/α-hetero) is 1. The maximum absolute atomic E-state index is 13.1. The molecule has 0 saturated heterocycles. The van der Waals surface area contributed by atoms with Crippen molar-refractivity contribution in [2.45, 2.75) is 39.8 Å². The number of H-pyrrole nitrogens is 1. The number of nitrogens with one attached hydrogen (secondary N) is 1. The minimum absolute atomic E-state index is 0.113. The summed E-state index contributed by atoms with van der Waals surface area (Å²) >= 11 is 0. The summed E-state index contributed by atoms with van der Waals surface area (Å²) in [4.78, 5) is 55.5. The highest BCUT2D eigenvalue weighted by Crippen LogP contribution is 2.26. The molecule has 9 nitrogen and oxygen atoms in total. The number of esters is 2. The summed E-state index contributed by atoms with van der Waals surface area (Å²) in [6.07, 6.45) is 1.64. The number of hydrogen-bond acceptors (Lipinski definition) is 7. The first kappa shape index (κ1) is 24.0. The van der Waals surface area contributed by atoms with Gasteiger partial charge in [-0.25, -0.2) is 9.59 Å². The van der Waals surface area contributed by atoms with E-state index in [0.29, 0.717) is 16.8 Å². The number of benzene rings is 1. The van der Waals surface area contributed by atoms with Crippen molar-refractivity contribution in [2.75, 3.05) is 13.2 Å². The molecule has 0 fully saturated rings. The molecule has 9 heteroatoms. The summed E-state index contributed by atoms with van der Waals surface area (Å²) in [7, 11) is 0. The van der Waals surface area contributed by atoms with E-state index in [2.05, 4.69) is 4.98 Å². The molecule has 1 atom stereocenters. The van der Waals surface area contributed by atoms with Crippen molar-refractivity contribution in [1.82, 2.24) is 9.88 Å². The van der Waals surface area contributed by atoms with Crippen LogP contribution in [0, 0.1) is 13.8 Å². The molecule has 0 radical (unpaired) electrons. The lowest BCUT2D eigenvalue weighted by molar-refractivity contribution is -0.148. The first-order chi connectivity index (χ1) is 16.8. The number of ether oxygens (including phenoxy) is 2. The number of aromatic nitrogens is 1. The Morgan fingerprint density at radius 1 is 1.06 bits per heavy atom. The Balaban J connectivity index is 1.51. The number of aromatic amines is 1. The van der Waals surface area contributed by atoms with Gasteiger partial charge in [-0.05, 0) is 49.6 Å². The van der Waals surface area contributed by atoms with Crippen LogP contribution in [-0.2, 0) is 27.2 Å². The molecule has 0 saturated carbocycles. The molecule has 3 aromatic rings. The predicted molar refractivity (Wildman–Crippen MR) is 124 cm³/mol. The van der Waals surface area contributed by atoms with E-state index in [4.69, 9.17) is 13.9 Å². The third kappa shape index (κ3) is 4.75. The minimum Gasteiger partial charge on any atom is -0.462 e. The molecule has 1 N–H and O–H groups in total. The van der Waals surface area contributed by atoms with E-state index in [-0.39, 0.29) is 31.0 Å². The highest BCUT2D eigenvalue weighted by Gasteiger charge is 2.37. The molecule has 0 spiro atoms. The maximum atomic E-state index is 13.1. The van der Waals surface area contributed by atoms with Crippen molar-refractivity contribution in [3.63, 3.8) is 0 Å². The van der Waals surface area contributed by atoms with Crippen LogP contribution in [0.3, 0.4) is 0 Å². The predicted octanol–water partition coefficient (Wildman–Crippen LogP) is 3.39. The average molecular weight is 479 g/mol. The van der Waals surface area contributed by atoms with Gasteiger partial charge in [0.25, 0.3) is 5.91 Å². The van der Waals surface area contributed by atoms with E-state index >= 15 is 0 Å². The fourth-order valence-corrected chi connectivity index (χ4v) is 4.33. The number of carbonyl (C=O) groups excluding carboxylic acids is 4. The Kier molecular flexibility index (Phi) is 6.86. The SMILES string of the molecule is CCOC(=O)c1c(C)[nH]c(C(=O)COC(=O)C2Cc3ccccc3CN2C(=O)c2ccco2)c1C. The second-order valence-electron chi connectivity index (χ2n) is 8.28. The molecule has 182 valence electrons. The molecule has 1 aliphatic rings. The topological polar surface area (TPSA) is 119 Å². The van der Waals surface area contributed by atoms with Crippen LogP contribution in [0.5, 0.6) is 0 Å². The van der Waals surface area contributed by atoms with E-state index in [1.807, 2.05) is 24.3 Å². The first-order valence-electron chi connectivity index (χ1n) is 11.3. The van der Waals surface area contributed by atoms with Gasteiger partial charge < -0.3 is 23.8 Å². The molecule has 1 aromatic carbocycles. The Morgan fingerprint density at radius 3 is 2.49 bits per heavy atom. The van der Waals surface area contributed by atoms with Crippen LogP contribution < -0.4 is 0 Å². The zero-order chi connectivity index (χ0) is 25.1. The average Bonchev–Trinajstić information content (AvgIpc) is 3.49. The van der Waals surface area contributed by atoms with Crippen molar-refractivity contribution >= 4 is 23.6 Å². The number of ketones is 1. The van der Waals surface area contributed by atoms with E-state index in [1.54, 1.807) is 26.8 Å². The summed E-state index contributed by atoms with van der Waals surface area (Å²) in [5, 5.41) is 0. The van der Waals surface area contributed by atoms with Gasteiger partial charge in [0.2, 0.25) is 5.78 Å². The molecule has 4 rings (SSSR count). The quantitative estimate of drug-likeness (QED) is 0.408. The molecule has 0 bridgehead atoms. The smallest absolute Gasteiger partial charge is 0.340 e.